The number of aromatic nitrogens is 2. The zero-order chi connectivity index (χ0) is 15.4. The lowest BCUT2D eigenvalue weighted by atomic mass is 10.1. The maximum atomic E-state index is 4.57. The van der Waals surface area contributed by atoms with Crippen LogP contribution >= 0.6 is 9.39 Å². The van der Waals surface area contributed by atoms with Crippen molar-refractivity contribution in [3.63, 3.8) is 0 Å². The van der Waals surface area contributed by atoms with Gasteiger partial charge in [-0.25, -0.2) is 0 Å². The van der Waals surface area contributed by atoms with Crippen LogP contribution in [0.15, 0.2) is 36.8 Å². The van der Waals surface area contributed by atoms with Gasteiger partial charge in [0.25, 0.3) is 0 Å². The first kappa shape index (κ1) is 15.5. The third-order valence-corrected chi connectivity index (χ3v) is 3.45. The van der Waals surface area contributed by atoms with Crippen molar-refractivity contribution in [3.05, 3.63) is 42.4 Å². The Balaban J connectivity index is 2.50. The molecular weight excluding hydrogens is 279 g/mol. The average Bonchev–Trinajstić information content (AvgIpc) is 2.47. The molecule has 0 saturated carbocycles. The minimum atomic E-state index is 0.926. The first-order valence-corrected chi connectivity index (χ1v) is 7.28. The van der Waals surface area contributed by atoms with Crippen molar-refractivity contribution in [2.45, 2.75) is 6.92 Å². The predicted molar refractivity (Wildman–Crippen MR) is 94.6 cm³/mol. The maximum Gasteiger partial charge on any atom is 0.0725 e. The second kappa shape index (κ2) is 6.68. The van der Waals surface area contributed by atoms with Crippen LogP contribution in [0, 0.1) is 0 Å². The summed E-state index contributed by atoms with van der Waals surface area (Å²) in [5.74, 6) is 0. The highest BCUT2D eigenvalue weighted by Gasteiger charge is 2.08. The highest BCUT2D eigenvalue weighted by atomic mass is 31.0. The van der Waals surface area contributed by atoms with Gasteiger partial charge in [-0.2, -0.15) is 0 Å². The monoisotopic (exact) mass is 300 g/mol. The van der Waals surface area contributed by atoms with Crippen molar-refractivity contribution in [2.24, 2.45) is 0 Å². The van der Waals surface area contributed by atoms with Gasteiger partial charge >= 0.3 is 0 Å². The van der Waals surface area contributed by atoms with Gasteiger partial charge in [-0.05, 0) is 28.4 Å². The third-order valence-electron chi connectivity index (χ3n) is 3.18. The Morgan fingerprint density at radius 1 is 1.10 bits per heavy atom. The lowest BCUT2D eigenvalue weighted by Crippen LogP contribution is -2.09. The molecule has 0 bridgehead atoms. The Labute approximate surface area is 128 Å². The van der Waals surface area contributed by atoms with Crippen LogP contribution in [-0.4, -0.2) is 31.1 Å². The molecule has 4 nitrogen and oxygen atoms in total. The topological polar surface area (TPSA) is 32.3 Å². The van der Waals surface area contributed by atoms with Crippen LogP contribution in [0.5, 0.6) is 0 Å². The van der Waals surface area contributed by atoms with E-state index in [1.54, 1.807) is 0 Å². The van der Waals surface area contributed by atoms with E-state index < -0.39 is 0 Å². The molecule has 2 aromatic heterocycles. The van der Waals surface area contributed by atoms with Gasteiger partial charge in [0.05, 0.1) is 29.5 Å². The van der Waals surface area contributed by atoms with Gasteiger partial charge in [0.2, 0.25) is 0 Å². The van der Waals surface area contributed by atoms with Crippen LogP contribution in [0.25, 0.3) is 17.3 Å². The fourth-order valence-electron chi connectivity index (χ4n) is 2.04. The first-order valence-electron chi connectivity index (χ1n) is 6.77. The van der Waals surface area contributed by atoms with E-state index in [2.05, 4.69) is 37.6 Å². The molecule has 1 unspecified atom stereocenters. The van der Waals surface area contributed by atoms with Crippen LogP contribution in [0.1, 0.15) is 12.5 Å². The summed E-state index contributed by atoms with van der Waals surface area (Å²) >= 11 is 0. The van der Waals surface area contributed by atoms with E-state index in [1.165, 1.54) is 0 Å². The molecule has 110 valence electrons. The molecular formula is C16H21N4P. The second-order valence-electron chi connectivity index (χ2n) is 5.07. The number of anilines is 2. The van der Waals surface area contributed by atoms with Crippen molar-refractivity contribution >= 4 is 26.8 Å². The summed E-state index contributed by atoms with van der Waals surface area (Å²) in [6.07, 6.45) is 9.70. The molecule has 0 aromatic carbocycles. The standard InChI is InChI=1S/C16H21N4P/c1-5-6-12-8-15(18-11-16(12)20(4)21)13-7-14(19(2)3)10-17-9-13/h5-11H,21H2,1-4H3/b6-5+. The summed E-state index contributed by atoms with van der Waals surface area (Å²) in [4.78, 5) is 10.9. The van der Waals surface area contributed by atoms with Gasteiger partial charge in [-0.3, -0.25) is 9.97 Å². The molecule has 0 aliphatic rings. The van der Waals surface area contributed by atoms with Gasteiger partial charge in [-0.1, -0.05) is 12.2 Å². The Morgan fingerprint density at radius 3 is 2.48 bits per heavy atom. The molecule has 0 radical (unpaired) electrons. The highest BCUT2D eigenvalue weighted by molar-refractivity contribution is 7.19. The van der Waals surface area contributed by atoms with E-state index in [0.717, 1.165) is 28.2 Å². The smallest absolute Gasteiger partial charge is 0.0725 e. The van der Waals surface area contributed by atoms with Crippen molar-refractivity contribution in [1.29, 1.82) is 0 Å². The van der Waals surface area contributed by atoms with Gasteiger partial charge in [0, 0.05) is 38.5 Å². The molecule has 1 atom stereocenters. The quantitative estimate of drug-likeness (QED) is 0.809. The molecule has 21 heavy (non-hydrogen) atoms. The lowest BCUT2D eigenvalue weighted by Gasteiger charge is -2.16. The number of rotatable bonds is 4. The number of pyridine rings is 2. The molecule has 2 aromatic rings. The number of allylic oxidation sites excluding steroid dienone is 1. The molecule has 0 saturated heterocycles. The molecule has 2 rings (SSSR count). The molecule has 0 aliphatic heterocycles. The SMILES string of the molecule is C/C=C/c1cc(-c2cncc(N(C)C)c2)ncc1N(C)P. The van der Waals surface area contributed by atoms with Crippen LogP contribution < -0.4 is 9.57 Å². The summed E-state index contributed by atoms with van der Waals surface area (Å²) in [6, 6.07) is 4.19. The third kappa shape index (κ3) is 3.59. The largest absolute Gasteiger partial charge is 0.376 e. The number of nitrogens with zero attached hydrogens (tertiary/aromatic N) is 4. The Kier molecular flexibility index (Phi) is 4.92. The van der Waals surface area contributed by atoms with E-state index in [4.69, 9.17) is 0 Å². The van der Waals surface area contributed by atoms with E-state index in [1.807, 2.05) is 62.3 Å². The summed E-state index contributed by atoms with van der Waals surface area (Å²) in [6.45, 7) is 2.01. The van der Waals surface area contributed by atoms with Crippen LogP contribution in [0.4, 0.5) is 11.4 Å². The zero-order valence-corrected chi connectivity index (χ0v) is 14.1. The van der Waals surface area contributed by atoms with E-state index in [9.17, 15) is 0 Å². The summed E-state index contributed by atoms with van der Waals surface area (Å²) in [7, 11) is 8.66. The molecule has 0 spiro atoms. The molecule has 0 amide bonds. The summed E-state index contributed by atoms with van der Waals surface area (Å²) in [5.41, 5.74) is 5.21. The zero-order valence-electron chi connectivity index (χ0n) is 12.9. The molecule has 2 heterocycles. The molecule has 0 aliphatic carbocycles. The Bertz CT molecular complexity index is 650. The van der Waals surface area contributed by atoms with E-state index in [-0.39, 0.29) is 0 Å². The lowest BCUT2D eigenvalue weighted by molar-refractivity contribution is 1.11. The fourth-order valence-corrected chi connectivity index (χ4v) is 2.26. The van der Waals surface area contributed by atoms with Gasteiger partial charge < -0.3 is 9.57 Å². The normalized spacial score (nSPS) is 10.9. The maximum absolute atomic E-state index is 4.57. The van der Waals surface area contributed by atoms with Gasteiger partial charge in [0.15, 0.2) is 0 Å². The Hall–Kier alpha value is -1.93. The minimum absolute atomic E-state index is 0.926. The van der Waals surface area contributed by atoms with E-state index >= 15 is 0 Å². The van der Waals surface area contributed by atoms with Crippen LogP contribution in [0.3, 0.4) is 0 Å². The summed E-state index contributed by atoms with van der Waals surface area (Å²) < 4.78 is 1.99. The second-order valence-corrected chi connectivity index (χ2v) is 5.84. The van der Waals surface area contributed by atoms with Crippen molar-refractivity contribution in [3.8, 4) is 11.3 Å². The molecule has 0 N–H and O–H groups in total. The highest BCUT2D eigenvalue weighted by Crippen LogP contribution is 2.28. The van der Waals surface area contributed by atoms with Crippen molar-refractivity contribution < 1.29 is 0 Å². The molecule has 0 fully saturated rings. The Morgan fingerprint density at radius 2 is 1.86 bits per heavy atom. The number of hydrogen-bond donors (Lipinski definition) is 0. The van der Waals surface area contributed by atoms with Gasteiger partial charge in [-0.15, -0.1) is 0 Å². The van der Waals surface area contributed by atoms with Crippen LogP contribution in [-0.2, 0) is 0 Å². The van der Waals surface area contributed by atoms with E-state index in [0.29, 0.717) is 0 Å². The first-order chi connectivity index (χ1) is 10.0. The summed E-state index contributed by atoms with van der Waals surface area (Å²) in [5, 5.41) is 0. The van der Waals surface area contributed by atoms with Crippen LogP contribution in [0.2, 0.25) is 0 Å². The average molecular weight is 300 g/mol. The van der Waals surface area contributed by atoms with Crippen molar-refractivity contribution in [2.75, 3.05) is 30.7 Å². The molecule has 5 heteroatoms. The van der Waals surface area contributed by atoms with Crippen molar-refractivity contribution in [1.82, 2.24) is 9.97 Å². The predicted octanol–water partition coefficient (Wildman–Crippen LogP) is 3.47. The number of hydrogen-bond acceptors (Lipinski definition) is 4. The fraction of sp³-hybridized carbons (Fsp3) is 0.250. The minimum Gasteiger partial charge on any atom is -0.376 e. The van der Waals surface area contributed by atoms with Gasteiger partial charge in [0.1, 0.15) is 0 Å².